The first-order valence-corrected chi connectivity index (χ1v) is 6.30. The number of hydrogen-bond acceptors (Lipinski definition) is 6. The molecule has 3 aromatic rings. The molecule has 0 spiro atoms. The van der Waals surface area contributed by atoms with Crippen LogP contribution in [0.5, 0.6) is 5.75 Å². The summed E-state index contributed by atoms with van der Waals surface area (Å²) >= 11 is 0. The number of fused-ring (bicyclic) bond motifs is 1. The zero-order valence-corrected chi connectivity index (χ0v) is 10.8. The molecule has 0 amide bonds. The molecule has 0 fully saturated rings. The van der Waals surface area contributed by atoms with E-state index in [2.05, 4.69) is 20.3 Å². The minimum absolute atomic E-state index is 0.479. The summed E-state index contributed by atoms with van der Waals surface area (Å²) in [4.78, 5) is 8.13. The van der Waals surface area contributed by atoms with E-state index in [1.165, 1.54) is 6.33 Å². The van der Waals surface area contributed by atoms with Crippen LogP contribution in [0.2, 0.25) is 0 Å². The van der Waals surface area contributed by atoms with Gasteiger partial charge in [0.25, 0.3) is 0 Å². The molecule has 102 valence electrons. The van der Waals surface area contributed by atoms with Gasteiger partial charge in [-0.3, -0.25) is 4.68 Å². The van der Waals surface area contributed by atoms with Crippen LogP contribution in [0.4, 0.5) is 5.82 Å². The first-order chi connectivity index (χ1) is 9.83. The molecule has 0 unspecified atom stereocenters. The number of nitrogens with two attached hydrogens (primary N) is 1. The van der Waals surface area contributed by atoms with E-state index in [4.69, 9.17) is 10.5 Å². The second-order valence-electron chi connectivity index (χ2n) is 4.31. The molecule has 7 nitrogen and oxygen atoms in total. The molecule has 0 radical (unpaired) electrons. The Morgan fingerprint density at radius 3 is 3.05 bits per heavy atom. The monoisotopic (exact) mass is 270 g/mol. The topological polar surface area (TPSA) is 91.7 Å². The summed E-state index contributed by atoms with van der Waals surface area (Å²) in [6.45, 7) is 1.38. The zero-order valence-electron chi connectivity index (χ0n) is 10.8. The van der Waals surface area contributed by atoms with Gasteiger partial charge in [0.1, 0.15) is 17.9 Å². The lowest BCUT2D eigenvalue weighted by molar-refractivity contribution is 0.298. The van der Waals surface area contributed by atoms with Crippen molar-refractivity contribution in [2.45, 2.75) is 13.0 Å². The van der Waals surface area contributed by atoms with Crippen molar-refractivity contribution in [2.24, 2.45) is 0 Å². The normalized spacial score (nSPS) is 10.8. The zero-order chi connectivity index (χ0) is 13.8. The molecular weight excluding hydrogens is 256 g/mol. The van der Waals surface area contributed by atoms with Crippen LogP contribution >= 0.6 is 0 Å². The average Bonchev–Trinajstić information content (AvgIpc) is 2.97. The summed E-state index contributed by atoms with van der Waals surface area (Å²) in [6.07, 6.45) is 5.80. The van der Waals surface area contributed by atoms with E-state index in [9.17, 15) is 0 Å². The highest BCUT2D eigenvalue weighted by Gasteiger charge is 2.02. The van der Waals surface area contributed by atoms with E-state index >= 15 is 0 Å². The molecule has 0 saturated heterocycles. The third kappa shape index (κ3) is 2.66. The third-order valence-electron chi connectivity index (χ3n) is 2.91. The Labute approximate surface area is 115 Å². The SMILES string of the molecule is Nc1ncnc2cc(OCCCn3ccnn3)ccc12. The molecule has 0 bridgehead atoms. The minimum atomic E-state index is 0.479. The van der Waals surface area contributed by atoms with Crippen LogP contribution in [0.1, 0.15) is 6.42 Å². The number of nitrogens with zero attached hydrogens (tertiary/aromatic N) is 5. The van der Waals surface area contributed by atoms with Crippen molar-refractivity contribution in [3.63, 3.8) is 0 Å². The summed E-state index contributed by atoms with van der Waals surface area (Å²) in [5.41, 5.74) is 6.56. The lowest BCUT2D eigenvalue weighted by Crippen LogP contribution is -2.05. The van der Waals surface area contributed by atoms with Gasteiger partial charge in [0.05, 0.1) is 18.3 Å². The number of ether oxygens (including phenoxy) is 1. The van der Waals surface area contributed by atoms with Gasteiger partial charge in [-0.2, -0.15) is 0 Å². The van der Waals surface area contributed by atoms with Crippen molar-refractivity contribution < 1.29 is 4.74 Å². The predicted molar refractivity (Wildman–Crippen MR) is 74.1 cm³/mol. The van der Waals surface area contributed by atoms with E-state index in [1.54, 1.807) is 10.9 Å². The van der Waals surface area contributed by atoms with Gasteiger partial charge >= 0.3 is 0 Å². The molecule has 0 saturated carbocycles. The van der Waals surface area contributed by atoms with Crippen LogP contribution in [0.25, 0.3) is 10.9 Å². The molecule has 0 aliphatic rings. The second-order valence-corrected chi connectivity index (χ2v) is 4.31. The van der Waals surface area contributed by atoms with Crippen molar-refractivity contribution in [1.29, 1.82) is 0 Å². The lowest BCUT2D eigenvalue weighted by Gasteiger charge is -2.07. The van der Waals surface area contributed by atoms with Crippen LogP contribution in [-0.4, -0.2) is 31.6 Å². The average molecular weight is 270 g/mol. The second kappa shape index (κ2) is 5.52. The minimum Gasteiger partial charge on any atom is -0.493 e. The fourth-order valence-electron chi connectivity index (χ4n) is 1.92. The van der Waals surface area contributed by atoms with Gasteiger partial charge in [-0.1, -0.05) is 5.21 Å². The summed E-state index contributed by atoms with van der Waals surface area (Å²) in [5, 5.41) is 8.47. The molecule has 0 atom stereocenters. The Morgan fingerprint density at radius 1 is 1.25 bits per heavy atom. The number of hydrogen-bond donors (Lipinski definition) is 1. The Kier molecular flexibility index (Phi) is 3.40. The molecule has 3 rings (SSSR count). The highest BCUT2D eigenvalue weighted by atomic mass is 16.5. The van der Waals surface area contributed by atoms with Crippen molar-refractivity contribution in [3.05, 3.63) is 36.9 Å². The number of benzene rings is 1. The van der Waals surface area contributed by atoms with Crippen LogP contribution in [0.3, 0.4) is 0 Å². The van der Waals surface area contributed by atoms with Crippen molar-refractivity contribution >= 4 is 16.7 Å². The van der Waals surface area contributed by atoms with Gasteiger partial charge in [-0.25, -0.2) is 9.97 Å². The smallest absolute Gasteiger partial charge is 0.134 e. The fourth-order valence-corrected chi connectivity index (χ4v) is 1.92. The Bertz CT molecular complexity index is 697. The molecular formula is C13H14N6O. The number of nitrogen functional groups attached to an aromatic ring is 1. The number of rotatable bonds is 5. The highest BCUT2D eigenvalue weighted by Crippen LogP contribution is 2.21. The largest absolute Gasteiger partial charge is 0.493 e. The summed E-state index contributed by atoms with van der Waals surface area (Å²) in [5.74, 6) is 1.25. The molecule has 1 aromatic carbocycles. The number of aryl methyl sites for hydroxylation is 1. The van der Waals surface area contributed by atoms with Gasteiger partial charge in [-0.05, 0) is 12.1 Å². The molecule has 2 heterocycles. The number of anilines is 1. The Balaban J connectivity index is 1.60. The van der Waals surface area contributed by atoms with Crippen LogP contribution in [-0.2, 0) is 6.54 Å². The van der Waals surface area contributed by atoms with E-state index in [-0.39, 0.29) is 0 Å². The van der Waals surface area contributed by atoms with Crippen molar-refractivity contribution in [1.82, 2.24) is 25.0 Å². The molecule has 7 heteroatoms. The third-order valence-corrected chi connectivity index (χ3v) is 2.91. The van der Waals surface area contributed by atoms with Gasteiger partial charge in [-0.15, -0.1) is 5.10 Å². The molecule has 0 aliphatic heterocycles. The molecule has 2 aromatic heterocycles. The Hall–Kier alpha value is -2.70. The van der Waals surface area contributed by atoms with Crippen LogP contribution < -0.4 is 10.5 Å². The Morgan fingerprint density at radius 2 is 2.20 bits per heavy atom. The van der Waals surface area contributed by atoms with Gasteiger partial charge < -0.3 is 10.5 Å². The van der Waals surface area contributed by atoms with Crippen LogP contribution in [0.15, 0.2) is 36.9 Å². The van der Waals surface area contributed by atoms with Gasteiger partial charge in [0.15, 0.2) is 0 Å². The van der Waals surface area contributed by atoms with Crippen molar-refractivity contribution in [3.8, 4) is 5.75 Å². The van der Waals surface area contributed by atoms with Crippen LogP contribution in [0, 0.1) is 0 Å². The first kappa shape index (κ1) is 12.3. The maximum atomic E-state index is 5.77. The molecule has 20 heavy (non-hydrogen) atoms. The van der Waals surface area contributed by atoms with E-state index < -0.39 is 0 Å². The molecule has 2 N–H and O–H groups in total. The number of aromatic nitrogens is 5. The first-order valence-electron chi connectivity index (χ1n) is 6.30. The maximum absolute atomic E-state index is 5.77. The fraction of sp³-hybridized carbons (Fsp3) is 0.231. The lowest BCUT2D eigenvalue weighted by atomic mass is 10.2. The summed E-state index contributed by atoms with van der Waals surface area (Å²) in [6, 6.07) is 5.61. The van der Waals surface area contributed by atoms with Gasteiger partial charge in [0, 0.05) is 30.6 Å². The van der Waals surface area contributed by atoms with E-state index in [0.29, 0.717) is 12.4 Å². The summed E-state index contributed by atoms with van der Waals surface area (Å²) < 4.78 is 7.46. The molecule has 0 aliphatic carbocycles. The highest BCUT2D eigenvalue weighted by molar-refractivity contribution is 5.88. The standard InChI is InChI=1S/C13H14N6O/c14-13-11-3-2-10(8-12(11)15-9-16-13)20-7-1-5-19-6-4-17-18-19/h2-4,6,8-9H,1,5,7H2,(H2,14,15,16). The maximum Gasteiger partial charge on any atom is 0.134 e. The summed E-state index contributed by atoms with van der Waals surface area (Å²) in [7, 11) is 0. The predicted octanol–water partition coefficient (Wildman–Crippen LogP) is 1.27. The van der Waals surface area contributed by atoms with E-state index in [0.717, 1.165) is 29.6 Å². The van der Waals surface area contributed by atoms with E-state index in [1.807, 2.05) is 24.4 Å². The quantitative estimate of drug-likeness (QED) is 0.702. The van der Waals surface area contributed by atoms with Crippen molar-refractivity contribution in [2.75, 3.05) is 12.3 Å². The van der Waals surface area contributed by atoms with Gasteiger partial charge in [0.2, 0.25) is 0 Å².